The molecule has 4 nitrogen and oxygen atoms in total. The van der Waals surface area contributed by atoms with E-state index in [-0.39, 0.29) is 21.7 Å². The van der Waals surface area contributed by atoms with Gasteiger partial charge >= 0.3 is 6.61 Å². The summed E-state index contributed by atoms with van der Waals surface area (Å²) in [4.78, 5) is 11.2. The highest BCUT2D eigenvalue weighted by molar-refractivity contribution is 7.80. The fourth-order valence-corrected chi connectivity index (χ4v) is 2.31. The maximum atomic E-state index is 12.2. The average Bonchev–Trinajstić information content (AvgIpc) is 2.50. The van der Waals surface area contributed by atoms with Crippen LogP contribution in [0.15, 0.2) is 42.5 Å². The van der Waals surface area contributed by atoms with Gasteiger partial charge in [0.15, 0.2) is 10.9 Å². The number of thiocarbonyl (C=S) groups is 1. The largest absolute Gasteiger partial charge is 0.433 e. The quantitative estimate of drug-likeness (QED) is 0.576. The average molecular weight is 371 g/mol. The van der Waals surface area contributed by atoms with Crippen molar-refractivity contribution in [3.63, 3.8) is 0 Å². The van der Waals surface area contributed by atoms with Crippen LogP contribution in [-0.2, 0) is 0 Å². The second-order valence-electron chi connectivity index (χ2n) is 4.74. The number of hydrogen-bond acceptors (Lipinski definition) is 3. The summed E-state index contributed by atoms with van der Waals surface area (Å²) in [5.41, 5.74) is 1.81. The predicted molar refractivity (Wildman–Crippen MR) is 94.4 cm³/mol. The van der Waals surface area contributed by atoms with Gasteiger partial charge in [0.25, 0.3) is 0 Å². The zero-order valence-corrected chi connectivity index (χ0v) is 14.0. The van der Waals surface area contributed by atoms with E-state index in [1.54, 1.807) is 24.3 Å². The van der Waals surface area contributed by atoms with Gasteiger partial charge in [0, 0.05) is 16.9 Å². The molecule has 0 amide bonds. The lowest BCUT2D eigenvalue weighted by atomic mass is 10.1. The van der Waals surface area contributed by atoms with Gasteiger partial charge in [-0.05, 0) is 61.6 Å². The summed E-state index contributed by atoms with van der Waals surface area (Å²) in [5, 5.41) is 6.13. The molecular formula is C16H13ClF2N2O2S. The summed E-state index contributed by atoms with van der Waals surface area (Å²) < 4.78 is 28.6. The summed E-state index contributed by atoms with van der Waals surface area (Å²) in [6, 6.07) is 11.1. The molecular weight excluding hydrogens is 358 g/mol. The number of carbonyl (C=O) groups is 1. The number of Topliss-reactive ketones (excluding diaryl/α,β-unsaturated/α-hetero) is 1. The lowest BCUT2D eigenvalue weighted by molar-refractivity contribution is -0.0497. The molecule has 0 fully saturated rings. The Hall–Kier alpha value is -2.25. The summed E-state index contributed by atoms with van der Waals surface area (Å²) in [6.07, 6.45) is 0. The molecule has 2 aromatic rings. The Balaban J connectivity index is 1.99. The first-order valence-electron chi connectivity index (χ1n) is 6.78. The summed E-state index contributed by atoms with van der Waals surface area (Å²) in [6.45, 7) is -1.46. The number of ketones is 1. The zero-order chi connectivity index (χ0) is 17.7. The molecule has 8 heteroatoms. The Bertz CT molecular complexity index is 754. The normalized spacial score (nSPS) is 10.4. The van der Waals surface area contributed by atoms with Crippen LogP contribution >= 0.6 is 23.8 Å². The topological polar surface area (TPSA) is 50.4 Å². The minimum Gasteiger partial charge on any atom is -0.433 e. The second kappa shape index (κ2) is 8.03. The lowest BCUT2D eigenvalue weighted by Crippen LogP contribution is -2.19. The van der Waals surface area contributed by atoms with Gasteiger partial charge in [0.1, 0.15) is 5.75 Å². The number of alkyl halides is 2. The van der Waals surface area contributed by atoms with Crippen LogP contribution < -0.4 is 15.4 Å². The third kappa shape index (κ3) is 5.14. The van der Waals surface area contributed by atoms with Crippen molar-refractivity contribution in [3.05, 3.63) is 53.1 Å². The maximum Gasteiger partial charge on any atom is 0.387 e. The van der Waals surface area contributed by atoms with Crippen molar-refractivity contribution in [1.29, 1.82) is 0 Å². The Kier molecular flexibility index (Phi) is 6.05. The SMILES string of the molecule is CC(=O)c1ccc(NC(=S)Nc2ccc(OC(F)F)c(Cl)c2)cc1. The molecule has 0 atom stereocenters. The van der Waals surface area contributed by atoms with Crippen LogP contribution in [0.1, 0.15) is 17.3 Å². The molecule has 126 valence electrons. The van der Waals surface area contributed by atoms with Crippen LogP contribution in [0.5, 0.6) is 5.75 Å². The van der Waals surface area contributed by atoms with E-state index in [4.69, 9.17) is 23.8 Å². The highest BCUT2D eigenvalue weighted by Crippen LogP contribution is 2.29. The van der Waals surface area contributed by atoms with Gasteiger partial charge in [0.05, 0.1) is 5.02 Å². The standard InChI is InChI=1S/C16H13ClF2N2O2S/c1-9(22)10-2-4-11(5-3-10)20-16(24)21-12-6-7-14(13(17)8-12)23-15(18)19/h2-8,15H,1H3,(H2,20,21,24). The van der Waals surface area contributed by atoms with Gasteiger partial charge in [-0.15, -0.1) is 0 Å². The number of benzene rings is 2. The molecule has 0 spiro atoms. The van der Waals surface area contributed by atoms with Crippen LogP contribution in [0.4, 0.5) is 20.2 Å². The van der Waals surface area contributed by atoms with Crippen LogP contribution in [0.2, 0.25) is 5.02 Å². The van der Waals surface area contributed by atoms with Gasteiger partial charge in [-0.3, -0.25) is 4.79 Å². The molecule has 2 N–H and O–H groups in total. The fraction of sp³-hybridized carbons (Fsp3) is 0.125. The smallest absolute Gasteiger partial charge is 0.387 e. The number of rotatable bonds is 5. The van der Waals surface area contributed by atoms with E-state index in [1.165, 1.54) is 25.1 Å². The monoisotopic (exact) mass is 370 g/mol. The van der Waals surface area contributed by atoms with Gasteiger partial charge in [-0.1, -0.05) is 11.6 Å². The van der Waals surface area contributed by atoms with Gasteiger partial charge in [0.2, 0.25) is 0 Å². The third-order valence-electron chi connectivity index (χ3n) is 2.96. The van der Waals surface area contributed by atoms with Gasteiger partial charge in [-0.2, -0.15) is 8.78 Å². The maximum absolute atomic E-state index is 12.2. The Morgan fingerprint density at radius 3 is 2.25 bits per heavy atom. The predicted octanol–water partition coefficient (Wildman–Crippen LogP) is 4.95. The van der Waals surface area contributed by atoms with Crippen LogP contribution in [0, 0.1) is 0 Å². The fourth-order valence-electron chi connectivity index (χ4n) is 1.85. The molecule has 0 saturated heterocycles. The summed E-state index contributed by atoms with van der Waals surface area (Å²) in [5.74, 6) is -0.140. The molecule has 24 heavy (non-hydrogen) atoms. The molecule has 0 aromatic heterocycles. The molecule has 0 unspecified atom stereocenters. The van der Waals surface area contributed by atoms with E-state index >= 15 is 0 Å². The van der Waals surface area contributed by atoms with E-state index in [0.717, 1.165) is 0 Å². The molecule has 0 radical (unpaired) electrons. The molecule has 2 rings (SSSR count). The first-order chi connectivity index (χ1) is 11.3. The number of hydrogen-bond donors (Lipinski definition) is 2. The van der Waals surface area contributed by atoms with E-state index < -0.39 is 6.61 Å². The highest BCUT2D eigenvalue weighted by atomic mass is 35.5. The number of ether oxygens (including phenoxy) is 1. The van der Waals surface area contributed by atoms with Crippen molar-refractivity contribution < 1.29 is 18.3 Å². The minimum atomic E-state index is -2.94. The van der Waals surface area contributed by atoms with E-state index in [1.807, 2.05) is 0 Å². The first-order valence-corrected chi connectivity index (χ1v) is 7.57. The molecule has 2 aromatic carbocycles. The second-order valence-corrected chi connectivity index (χ2v) is 5.55. The number of carbonyl (C=O) groups excluding carboxylic acids is 1. The van der Waals surface area contributed by atoms with E-state index in [0.29, 0.717) is 16.9 Å². The molecule has 0 heterocycles. The van der Waals surface area contributed by atoms with Crippen LogP contribution in [-0.4, -0.2) is 17.5 Å². The van der Waals surface area contributed by atoms with Crippen LogP contribution in [0.25, 0.3) is 0 Å². The van der Waals surface area contributed by atoms with E-state index in [9.17, 15) is 13.6 Å². The van der Waals surface area contributed by atoms with Crippen LogP contribution in [0.3, 0.4) is 0 Å². The van der Waals surface area contributed by atoms with Crippen molar-refractivity contribution >= 4 is 46.1 Å². The van der Waals surface area contributed by atoms with Crippen molar-refractivity contribution in [2.75, 3.05) is 10.6 Å². The number of anilines is 2. The minimum absolute atomic E-state index is 0.0250. The summed E-state index contributed by atoms with van der Waals surface area (Å²) in [7, 11) is 0. The van der Waals surface area contributed by atoms with Crippen molar-refractivity contribution in [3.8, 4) is 5.75 Å². The number of halogens is 3. The molecule has 0 aliphatic rings. The van der Waals surface area contributed by atoms with Gasteiger partial charge in [-0.25, -0.2) is 0 Å². The molecule has 0 aliphatic carbocycles. The first kappa shape index (κ1) is 18.1. The van der Waals surface area contributed by atoms with Crippen molar-refractivity contribution in [1.82, 2.24) is 0 Å². The Labute approximate surface area is 147 Å². The van der Waals surface area contributed by atoms with Crippen molar-refractivity contribution in [2.45, 2.75) is 13.5 Å². The highest BCUT2D eigenvalue weighted by Gasteiger charge is 2.09. The third-order valence-corrected chi connectivity index (χ3v) is 3.45. The van der Waals surface area contributed by atoms with Gasteiger partial charge < -0.3 is 15.4 Å². The molecule has 0 saturated carbocycles. The molecule has 0 aliphatic heterocycles. The van der Waals surface area contributed by atoms with Crippen molar-refractivity contribution in [2.24, 2.45) is 0 Å². The summed E-state index contributed by atoms with van der Waals surface area (Å²) >= 11 is 11.0. The zero-order valence-electron chi connectivity index (χ0n) is 12.5. The Morgan fingerprint density at radius 2 is 1.71 bits per heavy atom. The lowest BCUT2D eigenvalue weighted by Gasteiger charge is -2.12. The van der Waals surface area contributed by atoms with E-state index in [2.05, 4.69) is 15.4 Å². The number of nitrogens with one attached hydrogen (secondary N) is 2. The Morgan fingerprint density at radius 1 is 1.12 bits per heavy atom. The molecule has 0 bridgehead atoms.